The molecule has 0 bridgehead atoms. The lowest BCUT2D eigenvalue weighted by molar-refractivity contribution is -0.383. The van der Waals surface area contributed by atoms with Crippen LogP contribution in [-0.2, 0) is 4.79 Å². The van der Waals surface area contributed by atoms with E-state index in [1.54, 1.807) is 6.07 Å². The molecule has 2 aliphatic heterocycles. The van der Waals surface area contributed by atoms with Gasteiger partial charge in [-0.3, -0.25) is 10.1 Å². The van der Waals surface area contributed by atoms with Gasteiger partial charge in [0.15, 0.2) is 0 Å². The monoisotopic (exact) mass is 407 g/mol. The van der Waals surface area contributed by atoms with Gasteiger partial charge in [-0.2, -0.15) is 11.8 Å². The van der Waals surface area contributed by atoms with E-state index in [2.05, 4.69) is 32.5 Å². The van der Waals surface area contributed by atoms with Crippen molar-refractivity contribution in [2.24, 2.45) is 0 Å². The number of urea groups is 1. The number of nitro groups is 1. The zero-order valence-corrected chi connectivity index (χ0v) is 16.1. The van der Waals surface area contributed by atoms with Gasteiger partial charge in [0.2, 0.25) is 5.52 Å². The Bertz CT molecular complexity index is 874. The highest BCUT2D eigenvalue weighted by Gasteiger charge is 2.51. The van der Waals surface area contributed by atoms with Gasteiger partial charge in [-0.15, -0.1) is 0 Å². The van der Waals surface area contributed by atoms with Crippen LogP contribution in [0.25, 0.3) is 11.0 Å². The number of non-ortho nitro benzene ring substituents is 1. The van der Waals surface area contributed by atoms with Crippen LogP contribution in [0.15, 0.2) is 22.8 Å². The molecule has 2 fully saturated rings. The number of amides is 2. The highest BCUT2D eigenvalue weighted by Crippen LogP contribution is 2.39. The molecule has 1 aromatic heterocycles. The van der Waals surface area contributed by atoms with Crippen molar-refractivity contribution in [1.82, 2.24) is 20.9 Å². The molecule has 2 saturated heterocycles. The zero-order chi connectivity index (χ0) is 20.1. The lowest BCUT2D eigenvalue weighted by Crippen LogP contribution is -2.47. The maximum absolute atomic E-state index is 11.3. The molecule has 3 heterocycles. The number of benzene rings is 1. The Morgan fingerprint density at radius 3 is 3.00 bits per heavy atom. The summed E-state index contributed by atoms with van der Waals surface area (Å²) in [5.41, 5.74) is 0.414. The smallest absolute Gasteiger partial charge is 0.315 e. The van der Waals surface area contributed by atoms with Crippen molar-refractivity contribution in [3.8, 4) is 0 Å². The van der Waals surface area contributed by atoms with Gasteiger partial charge < -0.3 is 15.4 Å². The number of thioether (sulfide) groups is 1. The van der Waals surface area contributed by atoms with Gasteiger partial charge in [0, 0.05) is 23.5 Å². The Hall–Kier alpha value is -2.69. The Kier molecular flexibility index (Phi) is 6.12. The summed E-state index contributed by atoms with van der Waals surface area (Å²) in [6.07, 6.45) is 4.75. The van der Waals surface area contributed by atoms with Gasteiger partial charge in [-0.05, 0) is 36.1 Å². The van der Waals surface area contributed by atoms with E-state index >= 15 is 0 Å². The van der Waals surface area contributed by atoms with Gasteiger partial charge in [-0.25, -0.2) is 9.42 Å². The fourth-order valence-electron chi connectivity index (χ4n) is 3.44. The second-order valence-corrected chi connectivity index (χ2v) is 8.19. The molecule has 2 amide bonds. The van der Waals surface area contributed by atoms with E-state index in [4.69, 9.17) is 0 Å². The van der Waals surface area contributed by atoms with E-state index < -0.39 is 4.92 Å². The van der Waals surface area contributed by atoms with Crippen molar-refractivity contribution < 1.29 is 19.1 Å². The van der Waals surface area contributed by atoms with Gasteiger partial charge in [-0.1, -0.05) is 12.5 Å². The van der Waals surface area contributed by atoms with Gasteiger partial charge >= 0.3 is 11.7 Å². The lowest BCUT2D eigenvalue weighted by atomic mass is 9.92. The highest BCUT2D eigenvalue weighted by molar-refractivity contribution is 8.00. The van der Waals surface area contributed by atoms with E-state index in [0.717, 1.165) is 31.3 Å². The number of carbonyl (C=O) groups excluding carboxylic acids is 2. The summed E-state index contributed by atoms with van der Waals surface area (Å²) in [6, 6.07) is 4.70. The highest BCUT2D eigenvalue weighted by atomic mass is 32.2. The molecular weight excluding hydrogens is 386 g/mol. The Balaban J connectivity index is 0.000000167. The number of nitrogens with zero attached hydrogens (tertiary/aromatic N) is 3. The molecule has 2 aromatic rings. The van der Waals surface area contributed by atoms with E-state index in [1.165, 1.54) is 12.1 Å². The lowest BCUT2D eigenvalue weighted by Gasteiger charge is -2.23. The zero-order valence-electron chi connectivity index (χ0n) is 15.3. The summed E-state index contributed by atoms with van der Waals surface area (Å²) < 4.78 is 4.35. The average molecular weight is 407 g/mol. The van der Waals surface area contributed by atoms with E-state index in [-0.39, 0.29) is 28.8 Å². The SMILES string of the molecule is C[C@]12CS[C@@H](CCCCC=O)[C@H]1NC(=O)N2.O=[N+]([O-])c1cccc2nonc12. The van der Waals surface area contributed by atoms with Crippen molar-refractivity contribution in [2.45, 2.75) is 49.4 Å². The maximum Gasteiger partial charge on any atom is 0.315 e. The van der Waals surface area contributed by atoms with Crippen LogP contribution in [0.1, 0.15) is 32.6 Å². The summed E-state index contributed by atoms with van der Waals surface area (Å²) in [7, 11) is 0. The van der Waals surface area contributed by atoms with E-state index in [9.17, 15) is 19.7 Å². The quantitative estimate of drug-likeness (QED) is 0.245. The Morgan fingerprint density at radius 2 is 2.25 bits per heavy atom. The summed E-state index contributed by atoms with van der Waals surface area (Å²) >= 11 is 1.93. The van der Waals surface area contributed by atoms with Crippen LogP contribution in [-0.4, -0.2) is 50.1 Å². The topological polar surface area (TPSA) is 140 Å². The van der Waals surface area contributed by atoms with Crippen LogP contribution in [0.2, 0.25) is 0 Å². The molecule has 4 rings (SSSR count). The first-order chi connectivity index (χ1) is 13.4. The fourth-order valence-corrected chi connectivity index (χ4v) is 5.15. The van der Waals surface area contributed by atoms with Crippen molar-refractivity contribution in [3.05, 3.63) is 28.3 Å². The first-order valence-corrected chi connectivity index (χ1v) is 9.99. The number of fused-ring (bicyclic) bond motifs is 2. The summed E-state index contributed by atoms with van der Waals surface area (Å²) in [4.78, 5) is 31.4. The van der Waals surface area contributed by atoms with Crippen molar-refractivity contribution >= 4 is 40.8 Å². The number of carbonyl (C=O) groups is 2. The normalized spacial score (nSPS) is 25.4. The number of nitrogens with one attached hydrogen (secondary N) is 2. The first-order valence-electron chi connectivity index (χ1n) is 8.94. The standard InChI is InChI=1S/C11H18N2O2S.C6H3N3O3/c1-11-7-16-8(5-3-2-4-6-14)9(11)12-10(15)13-11;10-9(11)5-3-1-2-4-6(5)8-12-7-4/h6,8-9H,2-5,7H2,1H3,(H2,12,13,15);1-3H/t8-,9+,11-;/m0./s1. The third kappa shape index (κ3) is 4.24. The third-order valence-electron chi connectivity index (χ3n) is 4.86. The van der Waals surface area contributed by atoms with Crippen LogP contribution in [0.5, 0.6) is 0 Å². The predicted molar refractivity (Wildman–Crippen MR) is 103 cm³/mol. The first kappa shape index (κ1) is 20.1. The fraction of sp³-hybridized carbons (Fsp3) is 0.529. The summed E-state index contributed by atoms with van der Waals surface area (Å²) in [5.74, 6) is 0.981. The molecule has 150 valence electrons. The molecule has 2 N–H and O–H groups in total. The average Bonchev–Trinajstić information content (AvgIpc) is 3.32. The van der Waals surface area contributed by atoms with Gasteiger partial charge in [0.05, 0.1) is 16.5 Å². The number of hydrogen-bond donors (Lipinski definition) is 2. The minimum atomic E-state index is -0.521. The van der Waals surface area contributed by atoms with Crippen LogP contribution < -0.4 is 10.6 Å². The molecule has 28 heavy (non-hydrogen) atoms. The van der Waals surface area contributed by atoms with Crippen molar-refractivity contribution in [1.29, 1.82) is 0 Å². The van der Waals surface area contributed by atoms with E-state index in [1.807, 2.05) is 11.8 Å². The largest absolute Gasteiger partial charge is 0.332 e. The second kappa shape index (κ2) is 8.55. The van der Waals surface area contributed by atoms with Crippen molar-refractivity contribution in [2.75, 3.05) is 5.75 Å². The molecule has 0 aliphatic carbocycles. The number of hydrogen-bond acceptors (Lipinski definition) is 8. The molecule has 0 spiro atoms. The number of rotatable bonds is 6. The third-order valence-corrected chi connectivity index (χ3v) is 6.57. The van der Waals surface area contributed by atoms with Gasteiger partial charge in [0.1, 0.15) is 11.8 Å². The number of nitro benzene ring substituents is 1. The van der Waals surface area contributed by atoms with Crippen LogP contribution >= 0.6 is 11.8 Å². The van der Waals surface area contributed by atoms with Crippen LogP contribution in [0.3, 0.4) is 0 Å². The number of unbranched alkanes of at least 4 members (excludes halogenated alkanes) is 2. The predicted octanol–water partition coefficient (Wildman–Crippen LogP) is 2.43. The van der Waals surface area contributed by atoms with E-state index in [0.29, 0.717) is 17.2 Å². The molecule has 11 heteroatoms. The second-order valence-electron chi connectivity index (χ2n) is 6.96. The molecule has 0 radical (unpaired) electrons. The molecule has 0 unspecified atom stereocenters. The molecule has 10 nitrogen and oxygen atoms in total. The Morgan fingerprint density at radius 1 is 1.43 bits per heavy atom. The van der Waals surface area contributed by atoms with Crippen LogP contribution in [0, 0.1) is 10.1 Å². The van der Waals surface area contributed by atoms with Crippen molar-refractivity contribution in [3.63, 3.8) is 0 Å². The molecule has 1 aromatic carbocycles. The van der Waals surface area contributed by atoms with Crippen LogP contribution in [0.4, 0.5) is 10.5 Å². The number of aldehydes is 1. The molecule has 2 aliphatic rings. The minimum absolute atomic E-state index is 0.0364. The van der Waals surface area contributed by atoms with Gasteiger partial charge in [0.25, 0.3) is 0 Å². The molecular formula is C17H21N5O5S. The minimum Gasteiger partial charge on any atom is -0.332 e. The summed E-state index contributed by atoms with van der Waals surface area (Å²) in [6.45, 7) is 2.11. The molecule has 3 atom stereocenters. The molecule has 0 saturated carbocycles. The summed E-state index contributed by atoms with van der Waals surface area (Å²) in [5, 5.41) is 23.8. The Labute approximate surface area is 164 Å². The maximum atomic E-state index is 11.3. The number of aromatic nitrogens is 2.